The lowest BCUT2D eigenvalue weighted by Crippen LogP contribution is -2.35. The van der Waals surface area contributed by atoms with E-state index in [1.165, 1.54) is 15.4 Å². The molecule has 0 unspecified atom stereocenters. The first-order valence-electron chi connectivity index (χ1n) is 7.60. The molecule has 116 valence electrons. The summed E-state index contributed by atoms with van der Waals surface area (Å²) in [5, 5.41) is 0.918. The van der Waals surface area contributed by atoms with E-state index in [-0.39, 0.29) is 5.24 Å². The molecule has 3 nitrogen and oxygen atoms in total. The Kier molecular flexibility index (Phi) is 5.24. The van der Waals surface area contributed by atoms with Crippen molar-refractivity contribution in [3.63, 3.8) is 0 Å². The minimum absolute atomic E-state index is 0.263. The zero-order valence-electron chi connectivity index (χ0n) is 12.4. The number of nitrogens with zero attached hydrogens (tertiary/aromatic N) is 2. The molecule has 5 heteroatoms. The van der Waals surface area contributed by atoms with Gasteiger partial charge in [-0.1, -0.05) is 30.3 Å². The number of likely N-dealkylation sites (tertiary alicyclic amines) is 1. The fraction of sp³-hybridized carbons (Fsp3) is 0.412. The zero-order chi connectivity index (χ0) is 15.4. The van der Waals surface area contributed by atoms with Crippen molar-refractivity contribution in [3.8, 4) is 0 Å². The van der Waals surface area contributed by atoms with Gasteiger partial charge < -0.3 is 0 Å². The Labute approximate surface area is 139 Å². The van der Waals surface area contributed by atoms with Crippen molar-refractivity contribution in [3.05, 3.63) is 52.0 Å². The molecule has 0 saturated carbocycles. The lowest BCUT2D eigenvalue weighted by Gasteiger charge is -2.30. The van der Waals surface area contributed by atoms with E-state index in [1.807, 2.05) is 23.6 Å². The second-order valence-electron chi connectivity index (χ2n) is 5.72. The predicted octanol–water partition coefficient (Wildman–Crippen LogP) is 3.68. The maximum Gasteiger partial charge on any atom is 0.235 e. The fourth-order valence-electron chi connectivity index (χ4n) is 2.92. The number of aromatic nitrogens is 1. The van der Waals surface area contributed by atoms with Crippen LogP contribution in [0.5, 0.6) is 0 Å². The van der Waals surface area contributed by atoms with Crippen LogP contribution in [-0.4, -0.2) is 34.8 Å². The third-order valence-electron chi connectivity index (χ3n) is 4.11. The molecule has 0 radical (unpaired) electrons. The number of thiazole rings is 1. The summed E-state index contributed by atoms with van der Waals surface area (Å²) in [7, 11) is 0. The first kappa shape index (κ1) is 15.7. The molecule has 2 heterocycles. The highest BCUT2D eigenvalue weighted by molar-refractivity contribution is 7.11. The van der Waals surface area contributed by atoms with Gasteiger partial charge in [-0.15, -0.1) is 11.3 Å². The fourth-order valence-corrected chi connectivity index (χ4v) is 4.21. The van der Waals surface area contributed by atoms with E-state index in [1.54, 1.807) is 0 Å². The molecule has 1 aromatic heterocycles. The van der Waals surface area contributed by atoms with Crippen LogP contribution in [0.25, 0.3) is 0 Å². The van der Waals surface area contributed by atoms with Crippen LogP contribution in [0.4, 0.5) is 0 Å². The van der Waals surface area contributed by atoms with E-state index in [0.29, 0.717) is 12.5 Å². The van der Waals surface area contributed by atoms with E-state index in [4.69, 9.17) is 11.6 Å². The van der Waals surface area contributed by atoms with Crippen LogP contribution >= 0.6 is 22.9 Å². The first-order valence-corrected chi connectivity index (χ1v) is 8.79. The third kappa shape index (κ3) is 4.15. The summed E-state index contributed by atoms with van der Waals surface area (Å²) in [6.07, 6.45) is 5.11. The van der Waals surface area contributed by atoms with Crippen LogP contribution in [0.15, 0.2) is 36.5 Å². The van der Waals surface area contributed by atoms with Gasteiger partial charge in [-0.2, -0.15) is 0 Å². The zero-order valence-corrected chi connectivity index (χ0v) is 13.9. The number of carbonyl (C=O) groups is 1. The molecular formula is C17H19ClN2OS. The molecule has 0 aliphatic carbocycles. The second-order valence-corrected chi connectivity index (χ2v) is 7.29. The molecule has 0 bridgehead atoms. The summed E-state index contributed by atoms with van der Waals surface area (Å²) in [5.74, 6) is 0.573. The SMILES string of the molecule is O=C(Cl)CN1CCC(c2cnc(Cc3ccccc3)s2)CC1. The van der Waals surface area contributed by atoms with Crippen molar-refractivity contribution in [2.24, 2.45) is 0 Å². The van der Waals surface area contributed by atoms with Gasteiger partial charge in [-0.05, 0) is 49.0 Å². The molecule has 0 atom stereocenters. The molecule has 1 fully saturated rings. The number of halogens is 1. The van der Waals surface area contributed by atoms with E-state index in [2.05, 4.69) is 34.1 Å². The average Bonchev–Trinajstić information content (AvgIpc) is 2.97. The summed E-state index contributed by atoms with van der Waals surface area (Å²) in [6.45, 7) is 2.25. The minimum Gasteiger partial charge on any atom is -0.295 e. The van der Waals surface area contributed by atoms with Crippen molar-refractivity contribution >= 4 is 28.2 Å². The van der Waals surface area contributed by atoms with Crippen LogP contribution in [0.2, 0.25) is 0 Å². The highest BCUT2D eigenvalue weighted by Crippen LogP contribution is 2.32. The number of hydrogen-bond acceptors (Lipinski definition) is 4. The van der Waals surface area contributed by atoms with Crippen molar-refractivity contribution in [2.45, 2.75) is 25.2 Å². The third-order valence-corrected chi connectivity index (χ3v) is 5.39. The number of rotatable bonds is 5. The van der Waals surface area contributed by atoms with Gasteiger partial charge in [0.05, 0.1) is 11.6 Å². The van der Waals surface area contributed by atoms with Crippen LogP contribution in [0, 0.1) is 0 Å². The number of hydrogen-bond donors (Lipinski definition) is 0. The maximum absolute atomic E-state index is 11.0. The Hall–Kier alpha value is -1.23. The monoisotopic (exact) mass is 334 g/mol. The molecule has 3 rings (SSSR count). The average molecular weight is 335 g/mol. The molecular weight excluding hydrogens is 316 g/mol. The lowest BCUT2D eigenvalue weighted by atomic mass is 9.96. The van der Waals surface area contributed by atoms with Gasteiger partial charge in [0.15, 0.2) is 0 Å². The number of piperidine rings is 1. The Morgan fingerprint density at radius 1 is 1.27 bits per heavy atom. The van der Waals surface area contributed by atoms with Crippen molar-refractivity contribution in [1.29, 1.82) is 0 Å². The Morgan fingerprint density at radius 2 is 2.00 bits per heavy atom. The van der Waals surface area contributed by atoms with E-state index in [9.17, 15) is 4.79 Å². The van der Waals surface area contributed by atoms with Crippen LogP contribution in [-0.2, 0) is 11.2 Å². The van der Waals surface area contributed by atoms with E-state index in [0.717, 1.165) is 32.4 Å². The summed E-state index contributed by atoms with van der Waals surface area (Å²) < 4.78 is 0. The van der Waals surface area contributed by atoms with Gasteiger partial charge in [0.1, 0.15) is 0 Å². The van der Waals surface area contributed by atoms with Crippen LogP contribution in [0.3, 0.4) is 0 Å². The van der Waals surface area contributed by atoms with E-state index < -0.39 is 0 Å². The molecule has 1 aliphatic heterocycles. The summed E-state index contributed by atoms with van der Waals surface area (Å²) in [5.41, 5.74) is 1.30. The van der Waals surface area contributed by atoms with Gasteiger partial charge in [-0.25, -0.2) is 4.98 Å². The highest BCUT2D eigenvalue weighted by atomic mass is 35.5. The standard InChI is InChI=1S/C17H19ClN2OS/c18-16(21)12-20-8-6-14(7-9-20)15-11-19-17(22-15)10-13-4-2-1-3-5-13/h1-5,11,14H,6-10,12H2. The van der Waals surface area contributed by atoms with E-state index >= 15 is 0 Å². The van der Waals surface area contributed by atoms with Gasteiger partial charge in [0.25, 0.3) is 0 Å². The molecule has 22 heavy (non-hydrogen) atoms. The molecule has 1 aliphatic rings. The molecule has 0 N–H and O–H groups in total. The predicted molar refractivity (Wildman–Crippen MR) is 90.6 cm³/mol. The van der Waals surface area contributed by atoms with Gasteiger partial charge >= 0.3 is 0 Å². The Bertz CT molecular complexity index is 621. The minimum atomic E-state index is -0.263. The van der Waals surface area contributed by atoms with Gasteiger partial charge in [-0.3, -0.25) is 9.69 Å². The lowest BCUT2D eigenvalue weighted by molar-refractivity contribution is -0.113. The quantitative estimate of drug-likeness (QED) is 0.782. The van der Waals surface area contributed by atoms with Crippen LogP contribution in [0.1, 0.15) is 34.2 Å². The van der Waals surface area contributed by atoms with Crippen molar-refractivity contribution in [1.82, 2.24) is 9.88 Å². The normalized spacial score (nSPS) is 16.8. The largest absolute Gasteiger partial charge is 0.295 e. The van der Waals surface area contributed by atoms with Gasteiger partial charge in [0, 0.05) is 17.5 Å². The maximum atomic E-state index is 11.0. The summed E-state index contributed by atoms with van der Waals surface area (Å²) in [4.78, 5) is 19.1. The number of carbonyl (C=O) groups excluding carboxylic acids is 1. The molecule has 2 aromatic rings. The second kappa shape index (κ2) is 7.36. The molecule has 0 spiro atoms. The Morgan fingerprint density at radius 3 is 2.68 bits per heavy atom. The van der Waals surface area contributed by atoms with Crippen LogP contribution < -0.4 is 0 Å². The molecule has 1 saturated heterocycles. The first-order chi connectivity index (χ1) is 10.7. The summed E-state index contributed by atoms with van der Waals surface area (Å²) >= 11 is 7.28. The van der Waals surface area contributed by atoms with Crippen molar-refractivity contribution in [2.75, 3.05) is 19.6 Å². The summed E-state index contributed by atoms with van der Waals surface area (Å²) in [6, 6.07) is 10.5. The van der Waals surface area contributed by atoms with Crippen molar-refractivity contribution < 1.29 is 4.79 Å². The molecule has 1 aromatic carbocycles. The molecule has 0 amide bonds. The highest BCUT2D eigenvalue weighted by Gasteiger charge is 2.23. The Balaban J connectivity index is 1.57. The number of benzene rings is 1. The van der Waals surface area contributed by atoms with Gasteiger partial charge in [0.2, 0.25) is 5.24 Å². The smallest absolute Gasteiger partial charge is 0.235 e. The topological polar surface area (TPSA) is 33.2 Å².